The number of nitrogens with one attached hydrogen (secondary N) is 1. The summed E-state index contributed by atoms with van der Waals surface area (Å²) >= 11 is 5.70. The Morgan fingerprint density at radius 1 is 1.43 bits per heavy atom. The molecule has 124 valence electrons. The first kappa shape index (κ1) is 17.2. The molecule has 7 nitrogen and oxygen atoms in total. The lowest BCUT2D eigenvalue weighted by Gasteiger charge is -2.21. The third-order valence-corrected chi connectivity index (χ3v) is 3.70. The number of hydrogen-bond donors (Lipinski definition) is 3. The van der Waals surface area contributed by atoms with Crippen molar-refractivity contribution in [2.75, 3.05) is 13.1 Å². The molecule has 0 bridgehead atoms. The Kier molecular flexibility index (Phi) is 4.86. The van der Waals surface area contributed by atoms with E-state index in [1.165, 1.54) is 12.1 Å². The molecule has 0 radical (unpaired) electrons. The Morgan fingerprint density at radius 3 is 2.74 bits per heavy atom. The standard InChI is InChI=1S/C14H15ClFN3O4/c15-9-3-8(4-10(16)5-9)6-18-12(21)14(23)1-2-19(13(14)22)7-11(17)20/h3-5,23H,1-2,6-7H2,(H2,17,20)(H,18,21). The highest BCUT2D eigenvalue weighted by Crippen LogP contribution is 2.23. The summed E-state index contributed by atoms with van der Waals surface area (Å²) < 4.78 is 13.2. The van der Waals surface area contributed by atoms with Gasteiger partial charge in [0, 0.05) is 24.5 Å². The van der Waals surface area contributed by atoms with Crippen LogP contribution in [0, 0.1) is 5.82 Å². The van der Waals surface area contributed by atoms with Crippen LogP contribution < -0.4 is 11.1 Å². The highest BCUT2D eigenvalue weighted by atomic mass is 35.5. The molecule has 1 aliphatic rings. The number of primary amides is 1. The van der Waals surface area contributed by atoms with Crippen molar-refractivity contribution in [2.45, 2.75) is 18.6 Å². The van der Waals surface area contributed by atoms with Gasteiger partial charge < -0.3 is 21.1 Å². The summed E-state index contributed by atoms with van der Waals surface area (Å²) in [6, 6.07) is 3.74. The summed E-state index contributed by atoms with van der Waals surface area (Å²) in [4.78, 5) is 36.0. The Morgan fingerprint density at radius 2 is 2.13 bits per heavy atom. The molecule has 1 fully saturated rings. The third-order valence-electron chi connectivity index (χ3n) is 3.48. The Bertz CT molecular complexity index is 649. The maximum atomic E-state index is 13.2. The largest absolute Gasteiger partial charge is 0.372 e. The van der Waals surface area contributed by atoms with E-state index in [1.807, 2.05) is 0 Å². The minimum atomic E-state index is -2.26. The van der Waals surface area contributed by atoms with Gasteiger partial charge in [-0.1, -0.05) is 11.6 Å². The molecule has 1 atom stereocenters. The third kappa shape index (κ3) is 3.77. The van der Waals surface area contributed by atoms with Crippen LogP contribution in [0.25, 0.3) is 0 Å². The van der Waals surface area contributed by atoms with Crippen molar-refractivity contribution in [3.63, 3.8) is 0 Å². The molecular weight excluding hydrogens is 329 g/mol. The summed E-state index contributed by atoms with van der Waals surface area (Å²) in [5.41, 5.74) is 3.12. The summed E-state index contributed by atoms with van der Waals surface area (Å²) in [6.07, 6.45) is -0.158. The van der Waals surface area contributed by atoms with E-state index in [4.69, 9.17) is 17.3 Å². The fraction of sp³-hybridized carbons (Fsp3) is 0.357. The van der Waals surface area contributed by atoms with Crippen molar-refractivity contribution in [1.29, 1.82) is 0 Å². The van der Waals surface area contributed by atoms with Gasteiger partial charge in [-0.15, -0.1) is 0 Å². The van der Waals surface area contributed by atoms with Gasteiger partial charge in [-0.25, -0.2) is 4.39 Å². The van der Waals surface area contributed by atoms with Gasteiger partial charge in [0.2, 0.25) is 11.5 Å². The predicted molar refractivity (Wildman–Crippen MR) is 78.6 cm³/mol. The molecular formula is C14H15ClFN3O4. The highest BCUT2D eigenvalue weighted by Gasteiger charge is 2.51. The number of hydrogen-bond acceptors (Lipinski definition) is 4. The number of carbonyl (C=O) groups is 3. The summed E-state index contributed by atoms with van der Waals surface area (Å²) in [5.74, 6) is -3.11. The second-order valence-electron chi connectivity index (χ2n) is 5.26. The topological polar surface area (TPSA) is 113 Å². The molecule has 9 heteroatoms. The molecule has 0 aliphatic carbocycles. The normalized spacial score (nSPS) is 20.7. The number of aliphatic hydroxyl groups is 1. The summed E-state index contributed by atoms with van der Waals surface area (Å²) in [7, 11) is 0. The number of amides is 3. The van der Waals surface area contributed by atoms with E-state index < -0.39 is 29.1 Å². The lowest BCUT2D eigenvalue weighted by molar-refractivity contribution is -0.155. The average Bonchev–Trinajstić information content (AvgIpc) is 2.73. The van der Waals surface area contributed by atoms with Crippen LogP contribution in [-0.4, -0.2) is 46.4 Å². The quantitative estimate of drug-likeness (QED) is 0.628. The maximum Gasteiger partial charge on any atom is 0.264 e. The van der Waals surface area contributed by atoms with Gasteiger partial charge in [-0.05, 0) is 23.8 Å². The number of halogens is 2. The van der Waals surface area contributed by atoms with Gasteiger partial charge in [0.25, 0.3) is 11.8 Å². The number of nitrogens with two attached hydrogens (primary N) is 1. The van der Waals surface area contributed by atoms with Crippen LogP contribution in [0.1, 0.15) is 12.0 Å². The van der Waals surface area contributed by atoms with Gasteiger partial charge in [-0.2, -0.15) is 0 Å². The monoisotopic (exact) mass is 343 g/mol. The van der Waals surface area contributed by atoms with Gasteiger partial charge in [-0.3, -0.25) is 14.4 Å². The molecule has 0 aromatic heterocycles. The zero-order valence-corrected chi connectivity index (χ0v) is 12.8. The molecule has 2 rings (SSSR count). The van der Waals surface area contributed by atoms with E-state index in [0.717, 1.165) is 11.0 Å². The van der Waals surface area contributed by atoms with Gasteiger partial charge in [0.05, 0.1) is 6.54 Å². The van der Waals surface area contributed by atoms with Crippen LogP contribution in [0.5, 0.6) is 0 Å². The van der Waals surface area contributed by atoms with E-state index >= 15 is 0 Å². The van der Waals surface area contributed by atoms with E-state index in [9.17, 15) is 23.9 Å². The number of benzene rings is 1. The average molecular weight is 344 g/mol. The summed E-state index contributed by atoms with van der Waals surface area (Å²) in [5, 5.41) is 12.8. The van der Waals surface area contributed by atoms with Crippen LogP contribution in [0.4, 0.5) is 4.39 Å². The van der Waals surface area contributed by atoms with Gasteiger partial charge in [0.15, 0.2) is 0 Å². The number of nitrogens with zero attached hydrogens (tertiary/aromatic N) is 1. The molecule has 1 aliphatic heterocycles. The molecule has 0 spiro atoms. The van der Waals surface area contributed by atoms with Crippen molar-refractivity contribution < 1.29 is 23.9 Å². The van der Waals surface area contributed by atoms with Gasteiger partial charge >= 0.3 is 0 Å². The molecule has 1 aromatic rings. The van der Waals surface area contributed by atoms with Crippen molar-refractivity contribution in [3.8, 4) is 0 Å². The lowest BCUT2D eigenvalue weighted by atomic mass is 10.0. The minimum absolute atomic E-state index is 0.0392. The molecule has 1 heterocycles. The van der Waals surface area contributed by atoms with Crippen molar-refractivity contribution in [1.82, 2.24) is 10.2 Å². The minimum Gasteiger partial charge on any atom is -0.372 e. The molecule has 3 amide bonds. The number of rotatable bonds is 5. The number of likely N-dealkylation sites (tertiary alicyclic amines) is 1. The first-order valence-electron chi connectivity index (χ1n) is 6.75. The van der Waals surface area contributed by atoms with Crippen LogP contribution >= 0.6 is 11.6 Å². The van der Waals surface area contributed by atoms with E-state index in [2.05, 4.69) is 5.32 Å². The van der Waals surface area contributed by atoms with Crippen LogP contribution in [0.2, 0.25) is 5.02 Å². The van der Waals surface area contributed by atoms with Crippen molar-refractivity contribution in [3.05, 3.63) is 34.6 Å². The van der Waals surface area contributed by atoms with E-state index in [0.29, 0.717) is 5.56 Å². The van der Waals surface area contributed by atoms with Crippen LogP contribution in [0.15, 0.2) is 18.2 Å². The number of carbonyl (C=O) groups excluding carboxylic acids is 3. The smallest absolute Gasteiger partial charge is 0.264 e. The molecule has 1 unspecified atom stereocenters. The van der Waals surface area contributed by atoms with Crippen molar-refractivity contribution >= 4 is 29.3 Å². The Hall–Kier alpha value is -2.19. The van der Waals surface area contributed by atoms with E-state index in [-0.39, 0.29) is 31.1 Å². The zero-order valence-electron chi connectivity index (χ0n) is 12.0. The van der Waals surface area contributed by atoms with E-state index in [1.54, 1.807) is 0 Å². The maximum absolute atomic E-state index is 13.2. The Labute approximate surface area is 136 Å². The fourth-order valence-corrected chi connectivity index (χ4v) is 2.60. The molecule has 1 saturated heterocycles. The summed E-state index contributed by atoms with van der Waals surface area (Å²) in [6.45, 7) is -0.437. The molecule has 1 aromatic carbocycles. The van der Waals surface area contributed by atoms with Crippen LogP contribution in [0.3, 0.4) is 0 Å². The lowest BCUT2D eigenvalue weighted by Crippen LogP contribution is -2.53. The van der Waals surface area contributed by atoms with Crippen molar-refractivity contribution in [2.24, 2.45) is 5.73 Å². The second-order valence-corrected chi connectivity index (χ2v) is 5.70. The first-order valence-corrected chi connectivity index (χ1v) is 7.13. The second kappa shape index (κ2) is 6.51. The SMILES string of the molecule is NC(=O)CN1CCC(O)(C(=O)NCc2cc(F)cc(Cl)c2)C1=O. The first-order chi connectivity index (χ1) is 10.7. The molecule has 0 saturated carbocycles. The van der Waals surface area contributed by atoms with Gasteiger partial charge in [0.1, 0.15) is 5.82 Å². The Balaban J connectivity index is 2.02. The molecule has 4 N–H and O–H groups in total. The highest BCUT2D eigenvalue weighted by molar-refractivity contribution is 6.30. The fourth-order valence-electron chi connectivity index (χ4n) is 2.36. The predicted octanol–water partition coefficient (Wildman–Crippen LogP) is -0.456. The van der Waals surface area contributed by atoms with Crippen LogP contribution in [-0.2, 0) is 20.9 Å². The molecule has 23 heavy (non-hydrogen) atoms. The zero-order chi connectivity index (χ0) is 17.2.